The minimum absolute atomic E-state index is 0.174. The van der Waals surface area contributed by atoms with E-state index in [1.807, 2.05) is 51.7 Å². The predicted molar refractivity (Wildman–Crippen MR) is 118 cm³/mol. The first-order chi connectivity index (χ1) is 15.4. The van der Waals surface area contributed by atoms with Crippen LogP contribution in [0, 0.1) is 5.82 Å². The zero-order chi connectivity index (χ0) is 25.0. The summed E-state index contributed by atoms with van der Waals surface area (Å²) < 4.78 is 66.1. The van der Waals surface area contributed by atoms with Crippen LogP contribution in [0.3, 0.4) is 0 Å². The molecule has 0 bridgehead atoms. The molecule has 1 fully saturated rings. The normalized spacial score (nSPS) is 17.0. The molecule has 0 atom stereocenters. The Morgan fingerprint density at radius 1 is 1.06 bits per heavy atom. The first-order valence-corrected chi connectivity index (χ1v) is 10.1. The van der Waals surface area contributed by atoms with Crippen molar-refractivity contribution in [2.75, 3.05) is 33.8 Å². The van der Waals surface area contributed by atoms with Crippen LogP contribution in [0.25, 0.3) is 0 Å². The minimum atomic E-state index is -6.00. The number of hydrogen-bond acceptors (Lipinski definition) is 3. The number of amides is 1. The summed E-state index contributed by atoms with van der Waals surface area (Å²) in [6.45, 7) is 0.174. The van der Waals surface area contributed by atoms with E-state index in [4.69, 9.17) is 9.47 Å². The molecule has 0 saturated heterocycles. The fourth-order valence-corrected chi connectivity index (χ4v) is 2.83. The Kier molecular flexibility index (Phi) is 11.9. The molecule has 2 aromatic rings. The number of carbonyl (C=O) groups excluding carboxylic acids is 1. The first kappa shape index (κ1) is 28.4. The molecule has 2 aromatic carbocycles. The fourth-order valence-electron chi connectivity index (χ4n) is 2.83. The molecule has 1 saturated carbocycles. The number of rotatable bonds is 5. The van der Waals surface area contributed by atoms with E-state index in [-0.39, 0.29) is 24.4 Å². The number of nitrogens with one attached hydrogen (secondary N) is 1. The van der Waals surface area contributed by atoms with E-state index in [0.29, 0.717) is 11.3 Å². The molecule has 1 amide bonds. The van der Waals surface area contributed by atoms with Crippen LogP contribution in [0.1, 0.15) is 29.9 Å². The van der Waals surface area contributed by atoms with Crippen LogP contribution in [-0.4, -0.2) is 47.9 Å². The second-order valence-corrected chi connectivity index (χ2v) is 7.67. The van der Waals surface area contributed by atoms with E-state index in [9.17, 15) is 26.4 Å². The molecule has 0 heterocycles. The number of methoxy groups -OCH3 is 1. The topological polar surface area (TPSA) is 50.3 Å². The first-order valence-electron chi connectivity index (χ1n) is 10.1. The molecule has 0 aromatic heterocycles. The van der Waals surface area contributed by atoms with Gasteiger partial charge in [0.15, 0.2) is 0 Å². The van der Waals surface area contributed by atoms with Crippen molar-refractivity contribution in [3.05, 3.63) is 65.5 Å². The largest absolute Gasteiger partial charge is 0.673 e. The van der Waals surface area contributed by atoms with Crippen molar-refractivity contribution in [2.45, 2.75) is 31.5 Å². The van der Waals surface area contributed by atoms with Crippen molar-refractivity contribution in [1.29, 1.82) is 0 Å². The highest BCUT2D eigenvalue weighted by Crippen LogP contribution is 2.39. The van der Waals surface area contributed by atoms with Crippen molar-refractivity contribution in [3.63, 3.8) is 0 Å². The lowest BCUT2D eigenvalue weighted by Crippen LogP contribution is -2.29. The molecule has 1 aliphatic rings. The zero-order valence-corrected chi connectivity index (χ0v) is 19.0. The van der Waals surface area contributed by atoms with Gasteiger partial charge in [-0.2, -0.15) is 0 Å². The summed E-state index contributed by atoms with van der Waals surface area (Å²) in [7, 11) is 1.42. The van der Waals surface area contributed by atoms with Gasteiger partial charge in [0.1, 0.15) is 33.8 Å². The number of anilines is 1. The Morgan fingerprint density at radius 2 is 1.61 bits per heavy atom. The number of benzene rings is 2. The van der Waals surface area contributed by atoms with Crippen molar-refractivity contribution >= 4 is 19.0 Å². The van der Waals surface area contributed by atoms with Gasteiger partial charge in [0.2, 0.25) is 0 Å². The second kappa shape index (κ2) is 13.8. The van der Waals surface area contributed by atoms with Gasteiger partial charge in [0.05, 0.1) is 6.10 Å². The number of carbonyl (C=O) groups is 1. The van der Waals surface area contributed by atoms with Crippen LogP contribution in [0.2, 0.25) is 0 Å². The third kappa shape index (κ3) is 12.8. The lowest BCUT2D eigenvalue weighted by atomic mass is 9.77. The van der Waals surface area contributed by atoms with Crippen LogP contribution in [-0.2, 0) is 20.4 Å². The van der Waals surface area contributed by atoms with Crippen molar-refractivity contribution in [3.8, 4) is 0 Å². The Hall–Kier alpha value is -2.66. The lowest BCUT2D eigenvalue weighted by molar-refractivity contribution is -0.00282. The van der Waals surface area contributed by atoms with E-state index >= 15 is 0 Å². The molecule has 33 heavy (non-hydrogen) atoms. The molecule has 0 radical (unpaired) electrons. The second-order valence-electron chi connectivity index (χ2n) is 7.67. The molecule has 0 spiro atoms. The van der Waals surface area contributed by atoms with Gasteiger partial charge < -0.3 is 31.1 Å². The maximum absolute atomic E-state index is 14.2. The average Bonchev–Trinajstić information content (AvgIpc) is 2.66. The molecule has 3 rings (SSSR count). The Labute approximate surface area is 190 Å². The van der Waals surface area contributed by atoms with E-state index in [1.165, 1.54) is 6.07 Å². The molecule has 5 nitrogen and oxygen atoms in total. The predicted octanol–water partition coefficient (Wildman–Crippen LogP) is 6.19. The van der Waals surface area contributed by atoms with Gasteiger partial charge in [0.25, 0.3) is 0 Å². The molecule has 1 N–H and O–H groups in total. The van der Waals surface area contributed by atoms with Gasteiger partial charge in [-0.15, -0.1) is 0 Å². The smallest absolute Gasteiger partial charge is 0.444 e. The number of ether oxygens (including phenoxy) is 2. The zero-order valence-electron chi connectivity index (χ0n) is 19.0. The van der Waals surface area contributed by atoms with Gasteiger partial charge in [-0.3, -0.25) is 5.32 Å². The summed E-state index contributed by atoms with van der Waals surface area (Å²) in [6, 6.07) is 14.1. The van der Waals surface area contributed by atoms with Crippen molar-refractivity contribution < 1.29 is 40.3 Å². The van der Waals surface area contributed by atoms with E-state index in [2.05, 4.69) is 9.68 Å². The molecule has 11 heteroatoms. The molecule has 0 aliphatic heterocycles. The van der Waals surface area contributed by atoms with Crippen molar-refractivity contribution in [2.24, 2.45) is 0 Å². The summed E-state index contributed by atoms with van der Waals surface area (Å²) in [5, 5.41) is 2.55. The summed E-state index contributed by atoms with van der Waals surface area (Å²) in [6.07, 6.45) is 1.28. The van der Waals surface area contributed by atoms with E-state index in [1.54, 1.807) is 19.2 Å². The molecule has 184 valence electrons. The minimum Gasteiger partial charge on any atom is -0.444 e. The van der Waals surface area contributed by atoms with Crippen molar-refractivity contribution in [1.82, 2.24) is 0 Å². The highest BCUT2D eigenvalue weighted by molar-refractivity contribution is 6.50. The van der Waals surface area contributed by atoms with Gasteiger partial charge in [-0.05, 0) is 42.0 Å². The lowest BCUT2D eigenvalue weighted by Gasteiger charge is -2.34. The van der Waals surface area contributed by atoms with Crippen LogP contribution in [0.4, 0.5) is 32.1 Å². The van der Waals surface area contributed by atoms with Gasteiger partial charge >= 0.3 is 13.3 Å². The van der Waals surface area contributed by atoms with E-state index < -0.39 is 13.3 Å². The monoisotopic (exact) mass is 477 g/mol. The van der Waals surface area contributed by atoms with Gasteiger partial charge in [-0.25, -0.2) is 9.18 Å². The van der Waals surface area contributed by atoms with Crippen LogP contribution >= 0.6 is 0 Å². The Morgan fingerprint density at radius 3 is 2.09 bits per heavy atom. The van der Waals surface area contributed by atoms with Crippen LogP contribution < -0.4 is 5.32 Å². The highest BCUT2D eigenvalue weighted by Gasteiger charge is 2.32. The van der Waals surface area contributed by atoms with Crippen LogP contribution in [0.5, 0.6) is 0 Å². The molecular weight excluding hydrogens is 448 g/mol. The Balaban J connectivity index is 0.000000517. The molecule has 0 unspecified atom stereocenters. The Bertz CT molecular complexity index is 838. The maximum atomic E-state index is 14.2. The number of hydrogen-bond donors (Lipinski definition) is 1. The third-order valence-corrected chi connectivity index (χ3v) is 4.33. The maximum Gasteiger partial charge on any atom is 0.673 e. The summed E-state index contributed by atoms with van der Waals surface area (Å²) in [5.74, 6) is -0.121. The van der Waals surface area contributed by atoms with Gasteiger partial charge in [0, 0.05) is 12.8 Å². The quantitative estimate of drug-likeness (QED) is 0.317. The standard InChI is InChI=1S/C19H20FNO3.C3H9O.BF4/c1-23-16-9-14(10-16)17-8-7-15(11-18(17)20)21-19(22)24-12-13-5-3-2-4-6-13;1-4(2)3;2-1(3,4)5/h2-8,11,14,16H,9-10,12H2,1H3,(H,21,22);1-3H3;/q;+1;-1. The summed E-state index contributed by atoms with van der Waals surface area (Å²) >= 11 is 0. The highest BCUT2D eigenvalue weighted by atomic mass is 19.5. The average molecular weight is 477 g/mol. The number of halogens is 5. The summed E-state index contributed by atoms with van der Waals surface area (Å²) in [5.41, 5.74) is 1.95. The molecule has 1 aliphatic carbocycles. The van der Waals surface area contributed by atoms with Crippen LogP contribution in [0.15, 0.2) is 48.5 Å². The fraction of sp³-hybridized carbons (Fsp3) is 0.409. The van der Waals surface area contributed by atoms with Gasteiger partial charge in [-0.1, -0.05) is 36.4 Å². The third-order valence-electron chi connectivity index (χ3n) is 4.33. The van der Waals surface area contributed by atoms with E-state index in [0.717, 1.165) is 18.4 Å². The SMILES string of the molecule is COC1CC(c2ccc(NC(=O)OCc3ccccc3)cc2F)C1.C[O+](C)C.F[B-](F)(F)F. The summed E-state index contributed by atoms with van der Waals surface area (Å²) in [4.78, 5) is 11.8. The molecular formula is C22H29BF5NO4.